The summed E-state index contributed by atoms with van der Waals surface area (Å²) in [6.45, 7) is 3.21. The van der Waals surface area contributed by atoms with Gasteiger partial charge in [-0.2, -0.15) is 0 Å². The SMILES string of the molecule is O=C(NCC(c1ccc(F)cc1)N1CCOCC1)C1(c2cccc(F)c2)CCCC1. The van der Waals surface area contributed by atoms with Gasteiger partial charge >= 0.3 is 0 Å². The standard InChI is InChI=1S/C24H28F2N2O2/c25-20-8-6-18(7-9-20)22(28-12-14-30-15-13-28)17-27-23(29)24(10-1-2-11-24)19-4-3-5-21(26)16-19/h3-9,16,22H,1-2,10-15,17H2,(H,27,29). The van der Waals surface area contributed by atoms with Gasteiger partial charge in [0.1, 0.15) is 11.6 Å². The van der Waals surface area contributed by atoms with Gasteiger partial charge in [-0.1, -0.05) is 37.1 Å². The van der Waals surface area contributed by atoms with E-state index in [1.165, 1.54) is 24.3 Å². The molecule has 0 bridgehead atoms. The Morgan fingerprint density at radius 1 is 1.03 bits per heavy atom. The van der Waals surface area contributed by atoms with Gasteiger partial charge in [-0.05, 0) is 48.2 Å². The Morgan fingerprint density at radius 3 is 2.40 bits per heavy atom. The smallest absolute Gasteiger partial charge is 0.230 e. The molecule has 2 fully saturated rings. The van der Waals surface area contributed by atoms with Gasteiger partial charge in [-0.3, -0.25) is 9.69 Å². The first kappa shape index (κ1) is 20.9. The predicted octanol–water partition coefficient (Wildman–Crippen LogP) is 3.97. The number of hydrogen-bond donors (Lipinski definition) is 1. The first-order valence-corrected chi connectivity index (χ1v) is 10.7. The normalized spacial score (nSPS) is 20.1. The molecular weight excluding hydrogens is 386 g/mol. The van der Waals surface area contributed by atoms with E-state index in [0.29, 0.717) is 19.8 Å². The molecule has 6 heteroatoms. The molecule has 1 aliphatic carbocycles. The molecule has 1 aliphatic heterocycles. The molecule has 1 saturated carbocycles. The number of morpholine rings is 1. The molecule has 1 heterocycles. The first-order chi connectivity index (χ1) is 14.6. The molecule has 4 rings (SSSR count). The molecule has 30 heavy (non-hydrogen) atoms. The fourth-order valence-electron chi connectivity index (χ4n) is 4.80. The molecule has 1 atom stereocenters. The van der Waals surface area contributed by atoms with Crippen molar-refractivity contribution in [1.29, 1.82) is 0 Å². The van der Waals surface area contributed by atoms with Crippen LogP contribution in [0.15, 0.2) is 48.5 Å². The van der Waals surface area contributed by atoms with Crippen LogP contribution in [0.5, 0.6) is 0 Å². The number of halogens is 2. The van der Waals surface area contributed by atoms with Gasteiger partial charge in [0.25, 0.3) is 0 Å². The average molecular weight is 414 g/mol. The number of hydrogen-bond acceptors (Lipinski definition) is 3. The highest BCUT2D eigenvalue weighted by atomic mass is 19.1. The van der Waals surface area contributed by atoms with Crippen LogP contribution >= 0.6 is 0 Å². The van der Waals surface area contributed by atoms with Gasteiger partial charge in [-0.15, -0.1) is 0 Å². The lowest BCUT2D eigenvalue weighted by Crippen LogP contribution is -2.48. The second-order valence-corrected chi connectivity index (χ2v) is 8.23. The van der Waals surface area contributed by atoms with Gasteiger partial charge in [0.05, 0.1) is 24.7 Å². The van der Waals surface area contributed by atoms with Crippen molar-refractivity contribution in [3.05, 3.63) is 71.3 Å². The molecule has 2 aromatic carbocycles. The number of carbonyl (C=O) groups is 1. The van der Waals surface area contributed by atoms with Crippen molar-refractivity contribution in [3.63, 3.8) is 0 Å². The van der Waals surface area contributed by atoms with E-state index in [0.717, 1.165) is 49.9 Å². The number of ether oxygens (including phenoxy) is 1. The van der Waals surface area contributed by atoms with Crippen LogP contribution in [0.3, 0.4) is 0 Å². The van der Waals surface area contributed by atoms with Gasteiger partial charge in [0, 0.05) is 19.6 Å². The van der Waals surface area contributed by atoms with Crippen LogP contribution in [0.2, 0.25) is 0 Å². The Kier molecular flexibility index (Phi) is 6.44. The van der Waals surface area contributed by atoms with Crippen LogP contribution < -0.4 is 5.32 Å². The highest BCUT2D eigenvalue weighted by Gasteiger charge is 2.43. The molecule has 0 radical (unpaired) electrons. The Morgan fingerprint density at radius 2 is 1.73 bits per heavy atom. The maximum atomic E-state index is 13.9. The minimum absolute atomic E-state index is 0.0500. The molecule has 1 saturated heterocycles. The van der Waals surface area contributed by atoms with Crippen molar-refractivity contribution in [2.45, 2.75) is 37.1 Å². The Hall–Kier alpha value is -2.31. The van der Waals surface area contributed by atoms with E-state index in [-0.39, 0.29) is 23.6 Å². The molecule has 2 aliphatic rings. The largest absolute Gasteiger partial charge is 0.379 e. The summed E-state index contributed by atoms with van der Waals surface area (Å²) in [6, 6.07) is 12.8. The number of carbonyl (C=O) groups excluding carboxylic acids is 1. The summed E-state index contributed by atoms with van der Waals surface area (Å²) >= 11 is 0. The summed E-state index contributed by atoms with van der Waals surface area (Å²) in [7, 11) is 0. The number of nitrogens with zero attached hydrogens (tertiary/aromatic N) is 1. The van der Waals surface area contributed by atoms with Crippen molar-refractivity contribution in [2.24, 2.45) is 0 Å². The zero-order valence-corrected chi connectivity index (χ0v) is 17.1. The fourth-order valence-corrected chi connectivity index (χ4v) is 4.80. The Bertz CT molecular complexity index is 860. The maximum Gasteiger partial charge on any atom is 0.230 e. The molecule has 1 amide bonds. The van der Waals surface area contributed by atoms with Gasteiger partial charge < -0.3 is 10.1 Å². The monoisotopic (exact) mass is 414 g/mol. The Balaban J connectivity index is 1.54. The van der Waals surface area contributed by atoms with Crippen molar-refractivity contribution in [2.75, 3.05) is 32.8 Å². The van der Waals surface area contributed by atoms with Crippen molar-refractivity contribution in [3.8, 4) is 0 Å². The number of nitrogens with one attached hydrogen (secondary N) is 1. The summed E-state index contributed by atoms with van der Waals surface area (Å²) < 4.78 is 32.8. The zero-order valence-electron chi connectivity index (χ0n) is 17.1. The zero-order chi connectivity index (χ0) is 21.0. The number of amides is 1. The maximum absolute atomic E-state index is 13.9. The van der Waals surface area contributed by atoms with E-state index in [9.17, 15) is 13.6 Å². The van der Waals surface area contributed by atoms with E-state index >= 15 is 0 Å². The summed E-state index contributed by atoms with van der Waals surface area (Å²) in [4.78, 5) is 15.7. The topological polar surface area (TPSA) is 41.6 Å². The highest BCUT2D eigenvalue weighted by molar-refractivity contribution is 5.88. The summed E-state index contributed by atoms with van der Waals surface area (Å²) in [5, 5.41) is 3.16. The van der Waals surface area contributed by atoms with Gasteiger partial charge in [0.2, 0.25) is 5.91 Å². The molecule has 1 N–H and O–H groups in total. The lowest BCUT2D eigenvalue weighted by molar-refractivity contribution is -0.127. The minimum atomic E-state index is -0.680. The predicted molar refractivity (Wildman–Crippen MR) is 111 cm³/mol. The van der Waals surface area contributed by atoms with Crippen LogP contribution in [0, 0.1) is 11.6 Å². The first-order valence-electron chi connectivity index (χ1n) is 10.7. The van der Waals surface area contributed by atoms with Crippen LogP contribution in [0.4, 0.5) is 8.78 Å². The molecule has 160 valence electrons. The van der Waals surface area contributed by atoms with E-state index in [1.54, 1.807) is 18.2 Å². The minimum Gasteiger partial charge on any atom is -0.379 e. The molecule has 2 aromatic rings. The van der Waals surface area contributed by atoms with Crippen LogP contribution in [-0.4, -0.2) is 43.7 Å². The quantitative estimate of drug-likeness (QED) is 0.778. The lowest BCUT2D eigenvalue weighted by Gasteiger charge is -2.36. The van der Waals surface area contributed by atoms with E-state index in [4.69, 9.17) is 4.74 Å². The molecule has 4 nitrogen and oxygen atoms in total. The van der Waals surface area contributed by atoms with Crippen molar-refractivity contribution < 1.29 is 18.3 Å². The Labute approximate surface area is 176 Å². The van der Waals surface area contributed by atoms with Crippen LogP contribution in [-0.2, 0) is 14.9 Å². The van der Waals surface area contributed by atoms with Crippen LogP contribution in [0.1, 0.15) is 42.9 Å². The summed E-state index contributed by atoms with van der Waals surface area (Å²) in [6.07, 6.45) is 3.35. The third kappa shape index (κ3) is 4.40. The van der Waals surface area contributed by atoms with Gasteiger partial charge in [0.15, 0.2) is 0 Å². The summed E-state index contributed by atoms with van der Waals surface area (Å²) in [5.41, 5.74) is 1.03. The molecule has 0 spiro atoms. The third-order valence-electron chi connectivity index (χ3n) is 6.47. The van der Waals surface area contributed by atoms with Crippen molar-refractivity contribution in [1.82, 2.24) is 10.2 Å². The van der Waals surface area contributed by atoms with Crippen molar-refractivity contribution >= 4 is 5.91 Å². The van der Waals surface area contributed by atoms with E-state index in [1.807, 2.05) is 6.07 Å². The van der Waals surface area contributed by atoms with Crippen LogP contribution in [0.25, 0.3) is 0 Å². The second kappa shape index (κ2) is 9.23. The number of benzene rings is 2. The average Bonchev–Trinajstić information content (AvgIpc) is 3.27. The fraction of sp³-hybridized carbons (Fsp3) is 0.458. The lowest BCUT2D eigenvalue weighted by atomic mass is 9.78. The molecule has 1 unspecified atom stereocenters. The highest BCUT2D eigenvalue weighted by Crippen LogP contribution is 2.41. The molecular formula is C24H28F2N2O2. The van der Waals surface area contributed by atoms with E-state index < -0.39 is 5.41 Å². The third-order valence-corrected chi connectivity index (χ3v) is 6.47. The van der Waals surface area contributed by atoms with Gasteiger partial charge in [-0.25, -0.2) is 8.78 Å². The van der Waals surface area contributed by atoms with E-state index in [2.05, 4.69) is 10.2 Å². The molecule has 0 aromatic heterocycles. The second-order valence-electron chi connectivity index (χ2n) is 8.23. The number of rotatable bonds is 6. The summed E-state index contributed by atoms with van der Waals surface area (Å²) in [5.74, 6) is -0.644.